The van der Waals surface area contributed by atoms with E-state index in [9.17, 15) is 14.4 Å². The molecule has 2 aromatic carbocycles. The number of carbonyl (C=O) groups is 3. The molecule has 0 unspecified atom stereocenters. The molecular weight excluding hydrogens is 356 g/mol. The summed E-state index contributed by atoms with van der Waals surface area (Å²) in [4.78, 5) is 35.8. The van der Waals surface area contributed by atoms with E-state index in [1.165, 1.54) is 24.3 Å². The zero-order valence-electron chi connectivity index (χ0n) is 15.6. The lowest BCUT2D eigenvalue weighted by Gasteiger charge is -2.09. The lowest BCUT2D eigenvalue weighted by atomic mass is 10.1. The highest BCUT2D eigenvalue weighted by Crippen LogP contribution is 2.21. The molecule has 6 heteroatoms. The zero-order valence-corrected chi connectivity index (χ0v) is 15.6. The topological polar surface area (TPSA) is 91.4 Å². The van der Waals surface area contributed by atoms with Gasteiger partial charge in [-0.15, -0.1) is 0 Å². The minimum Gasteiger partial charge on any atom is -0.454 e. The number of ketones is 1. The van der Waals surface area contributed by atoms with Crippen LogP contribution in [0.1, 0.15) is 42.5 Å². The molecule has 0 radical (unpaired) electrons. The number of carbonyl (C=O) groups excluding carboxylic acids is 3. The van der Waals surface area contributed by atoms with Gasteiger partial charge in [-0.1, -0.05) is 18.2 Å². The molecule has 0 aliphatic carbocycles. The lowest BCUT2D eigenvalue weighted by Crippen LogP contribution is -2.15. The van der Waals surface area contributed by atoms with Crippen molar-refractivity contribution in [3.8, 4) is 5.69 Å². The third-order valence-corrected chi connectivity index (χ3v) is 4.49. The normalized spacial score (nSPS) is 10.5. The summed E-state index contributed by atoms with van der Waals surface area (Å²) in [6.45, 7) is 3.41. The largest absolute Gasteiger partial charge is 0.454 e. The van der Waals surface area contributed by atoms with E-state index < -0.39 is 11.9 Å². The van der Waals surface area contributed by atoms with Crippen molar-refractivity contribution in [3.63, 3.8) is 0 Å². The Kier molecular flexibility index (Phi) is 5.40. The highest BCUT2D eigenvalue weighted by Gasteiger charge is 2.18. The molecule has 1 aromatic heterocycles. The number of hydrogen-bond acceptors (Lipinski definition) is 4. The van der Waals surface area contributed by atoms with Crippen LogP contribution in [-0.2, 0) is 4.74 Å². The van der Waals surface area contributed by atoms with Crippen LogP contribution in [0.5, 0.6) is 0 Å². The maximum atomic E-state index is 12.6. The fourth-order valence-electron chi connectivity index (χ4n) is 3.08. The average Bonchev–Trinajstić information content (AvgIpc) is 3.00. The first kappa shape index (κ1) is 19.1. The summed E-state index contributed by atoms with van der Waals surface area (Å²) in [5.74, 6) is -1.50. The summed E-state index contributed by atoms with van der Waals surface area (Å²) in [6.07, 6.45) is 0. The minimum atomic E-state index is -0.638. The van der Waals surface area contributed by atoms with E-state index in [4.69, 9.17) is 10.5 Å². The van der Waals surface area contributed by atoms with E-state index >= 15 is 0 Å². The van der Waals surface area contributed by atoms with E-state index in [1.54, 1.807) is 6.07 Å². The molecule has 1 amide bonds. The van der Waals surface area contributed by atoms with Crippen LogP contribution in [0.2, 0.25) is 0 Å². The Hall–Kier alpha value is -3.67. The molecule has 28 heavy (non-hydrogen) atoms. The highest BCUT2D eigenvalue weighted by atomic mass is 16.5. The summed E-state index contributed by atoms with van der Waals surface area (Å²) >= 11 is 0. The first-order valence-electron chi connectivity index (χ1n) is 8.73. The molecule has 0 atom stereocenters. The predicted molar refractivity (Wildman–Crippen MR) is 105 cm³/mol. The van der Waals surface area contributed by atoms with Gasteiger partial charge in [0.25, 0.3) is 0 Å². The average molecular weight is 376 g/mol. The van der Waals surface area contributed by atoms with Crippen LogP contribution in [0.25, 0.3) is 5.69 Å². The zero-order chi connectivity index (χ0) is 20.3. The Morgan fingerprint density at radius 2 is 1.54 bits per heavy atom. The van der Waals surface area contributed by atoms with Crippen LogP contribution in [0.15, 0.2) is 60.7 Å². The maximum absolute atomic E-state index is 12.6. The van der Waals surface area contributed by atoms with E-state index in [2.05, 4.69) is 0 Å². The number of nitrogens with two attached hydrogens (primary N) is 1. The predicted octanol–water partition coefficient (Wildman–Crippen LogP) is 3.23. The third-order valence-electron chi connectivity index (χ3n) is 4.49. The molecular formula is C22H20N2O4. The number of nitrogens with zero attached hydrogens (tertiary/aromatic N) is 1. The van der Waals surface area contributed by atoms with Gasteiger partial charge >= 0.3 is 5.97 Å². The molecule has 0 saturated heterocycles. The van der Waals surface area contributed by atoms with Crippen molar-refractivity contribution >= 4 is 17.7 Å². The van der Waals surface area contributed by atoms with Crippen molar-refractivity contribution in [2.24, 2.45) is 5.73 Å². The Morgan fingerprint density at radius 1 is 0.929 bits per heavy atom. The van der Waals surface area contributed by atoms with Gasteiger partial charge in [0.1, 0.15) is 0 Å². The number of para-hydroxylation sites is 1. The van der Waals surface area contributed by atoms with Crippen molar-refractivity contribution in [2.75, 3.05) is 6.61 Å². The van der Waals surface area contributed by atoms with Crippen molar-refractivity contribution in [3.05, 3.63) is 88.7 Å². The maximum Gasteiger partial charge on any atom is 0.338 e. The van der Waals surface area contributed by atoms with Crippen molar-refractivity contribution < 1.29 is 19.1 Å². The number of hydrogen-bond donors (Lipinski definition) is 1. The summed E-state index contributed by atoms with van der Waals surface area (Å²) < 4.78 is 7.12. The molecule has 3 rings (SSSR count). The van der Waals surface area contributed by atoms with Gasteiger partial charge in [0.15, 0.2) is 6.61 Å². The van der Waals surface area contributed by atoms with E-state index in [0.717, 1.165) is 17.1 Å². The Morgan fingerprint density at radius 3 is 2.14 bits per heavy atom. The van der Waals surface area contributed by atoms with Crippen LogP contribution in [0.3, 0.4) is 0 Å². The number of aryl methyl sites for hydroxylation is 1. The summed E-state index contributed by atoms with van der Waals surface area (Å²) in [5, 5.41) is 0. The van der Waals surface area contributed by atoms with Gasteiger partial charge in [0, 0.05) is 28.2 Å². The van der Waals surface area contributed by atoms with Gasteiger partial charge in [-0.3, -0.25) is 9.59 Å². The number of primary amides is 1. The molecule has 2 N–H and O–H groups in total. The smallest absolute Gasteiger partial charge is 0.338 e. The molecule has 0 bridgehead atoms. The second-order valence-electron chi connectivity index (χ2n) is 6.40. The number of Topliss-reactive ketones (excluding diaryl/α,β-unsaturated/α-hetero) is 1. The van der Waals surface area contributed by atoms with E-state index in [1.807, 2.05) is 48.7 Å². The van der Waals surface area contributed by atoms with Crippen molar-refractivity contribution in [1.29, 1.82) is 0 Å². The number of benzene rings is 2. The highest BCUT2D eigenvalue weighted by molar-refractivity contribution is 6.01. The van der Waals surface area contributed by atoms with Crippen LogP contribution < -0.4 is 5.73 Å². The van der Waals surface area contributed by atoms with E-state index in [0.29, 0.717) is 11.1 Å². The van der Waals surface area contributed by atoms with Gasteiger partial charge in [-0.05, 0) is 56.3 Å². The summed E-state index contributed by atoms with van der Waals surface area (Å²) in [7, 11) is 0. The van der Waals surface area contributed by atoms with E-state index in [-0.39, 0.29) is 18.0 Å². The molecule has 1 heterocycles. The second kappa shape index (κ2) is 7.92. The Labute approximate surface area is 162 Å². The molecule has 6 nitrogen and oxygen atoms in total. The second-order valence-corrected chi connectivity index (χ2v) is 6.40. The van der Waals surface area contributed by atoms with Gasteiger partial charge in [-0.2, -0.15) is 0 Å². The summed E-state index contributed by atoms with van der Waals surface area (Å²) in [5.41, 5.74) is 8.89. The number of amides is 1. The third kappa shape index (κ3) is 3.86. The van der Waals surface area contributed by atoms with Crippen molar-refractivity contribution in [1.82, 2.24) is 4.57 Å². The SMILES string of the molecule is Cc1cc(C(=O)COC(=O)c2ccc(C(N)=O)cc2)c(C)n1-c1ccccc1. The molecule has 142 valence electrons. The van der Waals surface area contributed by atoms with Crippen molar-refractivity contribution in [2.45, 2.75) is 13.8 Å². The van der Waals surface area contributed by atoms with Crippen LogP contribution in [0, 0.1) is 13.8 Å². The molecule has 0 spiro atoms. The number of aromatic nitrogens is 1. The van der Waals surface area contributed by atoms with Crippen LogP contribution >= 0.6 is 0 Å². The van der Waals surface area contributed by atoms with Gasteiger partial charge in [0.05, 0.1) is 5.56 Å². The number of ether oxygens (including phenoxy) is 1. The Bertz CT molecular complexity index is 1030. The Balaban J connectivity index is 1.72. The number of esters is 1. The fourth-order valence-corrected chi connectivity index (χ4v) is 3.08. The van der Waals surface area contributed by atoms with Gasteiger partial charge < -0.3 is 15.0 Å². The quantitative estimate of drug-likeness (QED) is 0.528. The van der Waals surface area contributed by atoms with Gasteiger partial charge in [-0.25, -0.2) is 4.79 Å². The molecule has 0 saturated carbocycles. The molecule has 0 aliphatic heterocycles. The van der Waals surface area contributed by atoms with Gasteiger partial charge in [0.2, 0.25) is 11.7 Å². The monoisotopic (exact) mass is 376 g/mol. The van der Waals surface area contributed by atoms with Crippen LogP contribution in [-0.4, -0.2) is 28.8 Å². The molecule has 3 aromatic rings. The fraction of sp³-hybridized carbons (Fsp3) is 0.136. The standard InChI is InChI=1S/C22H20N2O4/c1-14-12-19(15(2)24(14)18-6-4-3-5-7-18)20(25)13-28-22(27)17-10-8-16(9-11-17)21(23)26/h3-12H,13H2,1-2H3,(H2,23,26). The minimum absolute atomic E-state index is 0.243. The first-order valence-corrected chi connectivity index (χ1v) is 8.73. The van der Waals surface area contributed by atoms with Crippen LogP contribution in [0.4, 0.5) is 0 Å². The first-order chi connectivity index (χ1) is 13.4. The number of rotatable bonds is 6. The lowest BCUT2D eigenvalue weighted by molar-refractivity contribution is 0.0474. The summed E-state index contributed by atoms with van der Waals surface area (Å²) in [6, 6.07) is 17.3. The molecule has 0 aliphatic rings. The molecule has 0 fully saturated rings.